The molecule has 4 aromatic rings. The van der Waals surface area contributed by atoms with E-state index in [1.54, 1.807) is 18.5 Å². The van der Waals surface area contributed by atoms with Crippen LogP contribution in [0.1, 0.15) is 28.4 Å². The van der Waals surface area contributed by atoms with Crippen molar-refractivity contribution in [3.63, 3.8) is 0 Å². The molecule has 37 heavy (non-hydrogen) atoms. The number of anilines is 1. The van der Waals surface area contributed by atoms with E-state index in [2.05, 4.69) is 20.4 Å². The smallest absolute Gasteiger partial charge is 0.255 e. The van der Waals surface area contributed by atoms with Crippen LogP contribution in [-0.2, 0) is 4.74 Å². The van der Waals surface area contributed by atoms with Crippen molar-refractivity contribution in [1.29, 1.82) is 0 Å². The third-order valence-electron chi connectivity index (χ3n) is 6.70. The Hall–Kier alpha value is -3.46. The number of para-hydroxylation sites is 1. The number of carbonyl (C=O) groups is 1. The summed E-state index contributed by atoms with van der Waals surface area (Å²) in [6.45, 7) is 2.85. The second-order valence-electron chi connectivity index (χ2n) is 8.88. The first-order valence-corrected chi connectivity index (χ1v) is 12.8. The number of benzene rings is 2. The molecule has 1 N–H and O–H groups in total. The maximum atomic E-state index is 13.7. The molecule has 2 aromatic heterocycles. The molecular formula is C27H23Cl2N5O3. The van der Waals surface area contributed by atoms with E-state index in [0.29, 0.717) is 82.8 Å². The summed E-state index contributed by atoms with van der Waals surface area (Å²) in [6, 6.07) is 13.0. The fourth-order valence-electron chi connectivity index (χ4n) is 4.90. The molecule has 0 aliphatic carbocycles. The van der Waals surface area contributed by atoms with Gasteiger partial charge in [-0.25, -0.2) is 0 Å². The molecule has 1 atom stereocenters. The lowest BCUT2D eigenvalue weighted by Crippen LogP contribution is -2.39. The molecule has 8 nitrogen and oxygen atoms in total. The molecule has 0 radical (unpaired) electrons. The molecule has 4 heterocycles. The van der Waals surface area contributed by atoms with E-state index in [0.717, 1.165) is 11.3 Å². The zero-order valence-corrected chi connectivity index (χ0v) is 21.3. The lowest BCUT2D eigenvalue weighted by atomic mass is 9.99. The normalized spacial score (nSPS) is 17.2. The van der Waals surface area contributed by atoms with Crippen LogP contribution < -0.4 is 15.0 Å². The summed E-state index contributed by atoms with van der Waals surface area (Å²) in [5, 5.41) is 12.8. The fourth-order valence-corrected chi connectivity index (χ4v) is 5.30. The molecule has 2 aliphatic rings. The van der Waals surface area contributed by atoms with Gasteiger partial charge >= 0.3 is 0 Å². The summed E-state index contributed by atoms with van der Waals surface area (Å²) in [5.74, 6) is 0.559. The third kappa shape index (κ3) is 4.45. The number of halogens is 2. The minimum atomic E-state index is -0.231. The number of hydrogen-bond acceptors (Lipinski definition) is 7. The van der Waals surface area contributed by atoms with Crippen LogP contribution in [0.4, 0.5) is 5.69 Å². The Morgan fingerprint density at radius 2 is 1.81 bits per heavy atom. The Morgan fingerprint density at radius 3 is 2.68 bits per heavy atom. The van der Waals surface area contributed by atoms with Crippen molar-refractivity contribution in [2.75, 3.05) is 37.8 Å². The average molecular weight is 536 g/mol. The van der Waals surface area contributed by atoms with Gasteiger partial charge in [0.25, 0.3) is 5.91 Å². The number of aromatic nitrogens is 3. The Morgan fingerprint density at radius 1 is 0.973 bits per heavy atom. The Labute approximate surface area is 223 Å². The summed E-state index contributed by atoms with van der Waals surface area (Å²) in [5.41, 5.74) is 4.58. The van der Waals surface area contributed by atoms with Crippen molar-refractivity contribution in [2.45, 2.75) is 12.5 Å². The number of nitrogens with zero attached hydrogens (tertiary/aromatic N) is 4. The van der Waals surface area contributed by atoms with Crippen LogP contribution in [0.3, 0.4) is 0 Å². The van der Waals surface area contributed by atoms with E-state index in [1.165, 1.54) is 0 Å². The molecule has 188 valence electrons. The third-order valence-corrected chi connectivity index (χ3v) is 7.52. The Balaban J connectivity index is 1.46. The molecule has 2 aliphatic heterocycles. The van der Waals surface area contributed by atoms with Gasteiger partial charge in [0.05, 0.1) is 53.4 Å². The van der Waals surface area contributed by atoms with E-state index < -0.39 is 0 Å². The highest BCUT2D eigenvalue weighted by molar-refractivity contribution is 6.43. The Kier molecular flexibility index (Phi) is 6.54. The van der Waals surface area contributed by atoms with E-state index in [9.17, 15) is 4.79 Å². The summed E-state index contributed by atoms with van der Waals surface area (Å²) in [6.07, 6.45) is 3.90. The van der Waals surface area contributed by atoms with Gasteiger partial charge in [0.15, 0.2) is 0 Å². The van der Waals surface area contributed by atoms with Crippen molar-refractivity contribution in [1.82, 2.24) is 20.5 Å². The quantitative estimate of drug-likeness (QED) is 0.389. The van der Waals surface area contributed by atoms with Crippen molar-refractivity contribution in [3.8, 4) is 16.9 Å². The number of morpholine rings is 1. The number of hydrogen-bond donors (Lipinski definition) is 1. The fraction of sp³-hybridized carbons (Fsp3) is 0.259. The van der Waals surface area contributed by atoms with Crippen molar-refractivity contribution in [2.24, 2.45) is 0 Å². The molecule has 6 rings (SSSR count). The molecule has 0 saturated carbocycles. The second-order valence-corrected chi connectivity index (χ2v) is 9.66. The summed E-state index contributed by atoms with van der Waals surface area (Å²) in [4.78, 5) is 20.6. The van der Waals surface area contributed by atoms with Gasteiger partial charge < -0.3 is 19.7 Å². The van der Waals surface area contributed by atoms with Crippen LogP contribution in [-0.4, -0.2) is 54.0 Å². The Bertz CT molecular complexity index is 1490. The van der Waals surface area contributed by atoms with Gasteiger partial charge in [0, 0.05) is 42.4 Å². The van der Waals surface area contributed by atoms with Gasteiger partial charge in [0.1, 0.15) is 16.8 Å². The molecule has 10 heteroatoms. The average Bonchev–Trinajstić information content (AvgIpc) is 2.94. The predicted octanol–water partition coefficient (Wildman–Crippen LogP) is 5.09. The lowest BCUT2D eigenvalue weighted by molar-refractivity contribution is 0.0923. The molecule has 1 saturated heterocycles. The van der Waals surface area contributed by atoms with Gasteiger partial charge in [-0.2, -0.15) is 5.10 Å². The number of amides is 1. The first-order valence-electron chi connectivity index (χ1n) is 12.1. The van der Waals surface area contributed by atoms with Crippen LogP contribution in [0, 0.1) is 0 Å². The van der Waals surface area contributed by atoms with Crippen LogP contribution in [0.25, 0.3) is 22.2 Å². The largest absolute Gasteiger partial charge is 0.493 e. The molecule has 2 aromatic carbocycles. The highest BCUT2D eigenvalue weighted by atomic mass is 35.5. The maximum Gasteiger partial charge on any atom is 0.255 e. The van der Waals surface area contributed by atoms with E-state index >= 15 is 0 Å². The van der Waals surface area contributed by atoms with Gasteiger partial charge in [-0.3, -0.25) is 9.78 Å². The SMILES string of the molecule is O=C(N[C@H]1CCOc2ccccc21)c1cnc2c(-c3cccc(Cl)c3Cl)cnnc2c1N1CCOCC1. The molecular weight excluding hydrogens is 513 g/mol. The van der Waals surface area contributed by atoms with Crippen molar-refractivity contribution < 1.29 is 14.3 Å². The van der Waals surface area contributed by atoms with E-state index in [1.807, 2.05) is 36.4 Å². The molecule has 1 fully saturated rings. The number of rotatable bonds is 4. The van der Waals surface area contributed by atoms with Gasteiger partial charge in [-0.1, -0.05) is 53.5 Å². The highest BCUT2D eigenvalue weighted by Gasteiger charge is 2.28. The molecule has 1 amide bonds. The van der Waals surface area contributed by atoms with Crippen LogP contribution >= 0.6 is 23.2 Å². The zero-order valence-electron chi connectivity index (χ0n) is 19.8. The minimum Gasteiger partial charge on any atom is -0.493 e. The lowest BCUT2D eigenvalue weighted by Gasteiger charge is -2.31. The first-order chi connectivity index (χ1) is 18.1. The summed E-state index contributed by atoms with van der Waals surface area (Å²) >= 11 is 12.8. The number of nitrogens with one attached hydrogen (secondary N) is 1. The summed E-state index contributed by atoms with van der Waals surface area (Å²) < 4.78 is 11.3. The number of ether oxygens (including phenoxy) is 2. The topological polar surface area (TPSA) is 89.5 Å². The first kappa shape index (κ1) is 23.9. The van der Waals surface area contributed by atoms with Crippen LogP contribution in [0.2, 0.25) is 10.0 Å². The predicted molar refractivity (Wildman–Crippen MR) is 143 cm³/mol. The molecule has 0 bridgehead atoms. The zero-order chi connectivity index (χ0) is 25.4. The van der Waals surface area contributed by atoms with Crippen molar-refractivity contribution in [3.05, 3.63) is 76.0 Å². The van der Waals surface area contributed by atoms with Crippen molar-refractivity contribution >= 4 is 45.8 Å². The van der Waals surface area contributed by atoms with E-state index in [4.69, 9.17) is 37.7 Å². The standard InChI is InChI=1S/C27H23Cl2N5O3/c28-20-6-3-5-16(23(20)29)18-15-31-33-25-24(18)30-14-19(26(25)34-9-12-36-13-10-34)27(35)32-21-8-11-37-22-7-2-1-4-17(21)22/h1-7,14-15,21H,8-13H2,(H,32,35)/t21-/m0/s1. The monoisotopic (exact) mass is 535 g/mol. The van der Waals surface area contributed by atoms with Crippen LogP contribution in [0.15, 0.2) is 54.9 Å². The van der Waals surface area contributed by atoms with Gasteiger partial charge in [-0.05, 0) is 12.1 Å². The summed E-state index contributed by atoms with van der Waals surface area (Å²) in [7, 11) is 0. The minimum absolute atomic E-state index is 0.173. The number of fused-ring (bicyclic) bond motifs is 2. The van der Waals surface area contributed by atoms with E-state index in [-0.39, 0.29) is 11.9 Å². The second kappa shape index (κ2) is 10.1. The number of pyridine rings is 1. The van der Waals surface area contributed by atoms with Crippen LogP contribution in [0.5, 0.6) is 5.75 Å². The van der Waals surface area contributed by atoms with Gasteiger partial charge in [-0.15, -0.1) is 5.10 Å². The highest BCUT2D eigenvalue weighted by Crippen LogP contribution is 2.39. The number of carbonyl (C=O) groups excluding carboxylic acids is 1. The molecule has 0 spiro atoms. The maximum absolute atomic E-state index is 13.7. The van der Waals surface area contributed by atoms with Gasteiger partial charge in [0.2, 0.25) is 0 Å². The molecule has 0 unspecified atom stereocenters.